The lowest BCUT2D eigenvalue weighted by Crippen LogP contribution is -2.31. The van der Waals surface area contributed by atoms with Crippen LogP contribution in [0.15, 0.2) is 41.9 Å². The number of nitrogens with one attached hydrogen (secondary N) is 1. The fraction of sp³-hybridized carbons (Fsp3) is 0.154. The first-order chi connectivity index (χ1) is 9.58. The molecule has 7 nitrogen and oxygen atoms in total. The Balaban J connectivity index is 2.22. The Labute approximate surface area is 114 Å². The van der Waals surface area contributed by atoms with Gasteiger partial charge in [-0.2, -0.15) is 10.1 Å². The van der Waals surface area contributed by atoms with Crippen molar-refractivity contribution < 1.29 is 9.90 Å². The molecule has 0 aliphatic carbocycles. The van der Waals surface area contributed by atoms with Crippen LogP contribution in [0.5, 0.6) is 5.75 Å². The summed E-state index contributed by atoms with van der Waals surface area (Å²) in [6, 6.07) is 6.15. The molecule has 4 N–H and O–H groups in total. The number of benzene rings is 1. The number of nitrogens with zero attached hydrogens (tertiary/aromatic N) is 3. The highest BCUT2D eigenvalue weighted by Gasteiger charge is 2.32. The minimum Gasteiger partial charge on any atom is -0.508 e. The number of hydrogen-bond acceptors (Lipinski definition) is 5. The second-order valence-corrected chi connectivity index (χ2v) is 4.55. The highest BCUT2D eigenvalue weighted by atomic mass is 16.3. The number of nitrogens with two attached hydrogens (primary N) is 1. The van der Waals surface area contributed by atoms with Crippen LogP contribution in [0.2, 0.25) is 0 Å². The Morgan fingerprint density at radius 2 is 2.30 bits per heavy atom. The molecule has 0 bridgehead atoms. The maximum atomic E-state index is 11.8. The molecule has 1 aliphatic heterocycles. The fourth-order valence-electron chi connectivity index (χ4n) is 2.41. The number of anilines is 1. The summed E-state index contributed by atoms with van der Waals surface area (Å²) in [7, 11) is 0. The normalized spacial score (nSPS) is 17.6. The maximum Gasteiger partial charge on any atom is 0.248 e. The van der Waals surface area contributed by atoms with Gasteiger partial charge in [-0.25, -0.2) is 4.68 Å². The quantitative estimate of drug-likeness (QED) is 0.747. The molecule has 1 aliphatic rings. The molecule has 0 radical (unpaired) electrons. The van der Waals surface area contributed by atoms with Gasteiger partial charge in [0, 0.05) is 5.70 Å². The SMILES string of the molecule is CC1=C(C(N)=O)[C@@H](c2cccc(O)c2)n2ncnc2N1. The third kappa shape index (κ3) is 1.80. The molecule has 0 saturated heterocycles. The summed E-state index contributed by atoms with van der Waals surface area (Å²) >= 11 is 0. The van der Waals surface area contributed by atoms with E-state index in [-0.39, 0.29) is 5.75 Å². The second-order valence-electron chi connectivity index (χ2n) is 4.55. The van der Waals surface area contributed by atoms with Crippen LogP contribution in [0, 0.1) is 0 Å². The number of carbonyl (C=O) groups excluding carboxylic acids is 1. The largest absolute Gasteiger partial charge is 0.508 e. The summed E-state index contributed by atoms with van der Waals surface area (Å²) in [6.07, 6.45) is 1.40. The highest BCUT2D eigenvalue weighted by molar-refractivity contribution is 5.95. The molecular weight excluding hydrogens is 258 g/mol. The summed E-state index contributed by atoms with van der Waals surface area (Å²) in [6.45, 7) is 1.76. The van der Waals surface area contributed by atoms with E-state index in [2.05, 4.69) is 15.4 Å². The topological polar surface area (TPSA) is 106 Å². The van der Waals surface area contributed by atoms with Crippen LogP contribution >= 0.6 is 0 Å². The first-order valence-corrected chi connectivity index (χ1v) is 6.04. The van der Waals surface area contributed by atoms with Gasteiger partial charge >= 0.3 is 0 Å². The summed E-state index contributed by atoms with van der Waals surface area (Å²) in [5.74, 6) is 0.106. The summed E-state index contributed by atoms with van der Waals surface area (Å²) in [5.41, 5.74) is 7.23. The van der Waals surface area contributed by atoms with Crippen LogP contribution in [0.4, 0.5) is 5.95 Å². The number of primary amides is 1. The van der Waals surface area contributed by atoms with Crippen molar-refractivity contribution in [3.8, 4) is 5.75 Å². The lowest BCUT2D eigenvalue weighted by atomic mass is 9.95. The minimum atomic E-state index is -0.538. The standard InChI is InChI=1S/C13H13N5O2/c1-7-10(12(14)20)11(8-3-2-4-9(19)5-8)18-13(17-7)15-6-16-18/h2-6,11,19H,1H3,(H2,14,20)(H,15,16,17)/t11-/m1/s1. The van der Waals surface area contributed by atoms with Crippen molar-refractivity contribution >= 4 is 11.9 Å². The monoisotopic (exact) mass is 271 g/mol. The van der Waals surface area contributed by atoms with Crippen molar-refractivity contribution in [2.75, 3.05) is 5.32 Å². The molecule has 0 spiro atoms. The molecule has 1 aromatic carbocycles. The fourth-order valence-corrected chi connectivity index (χ4v) is 2.41. The number of aromatic nitrogens is 3. The molecule has 1 atom stereocenters. The van der Waals surface area contributed by atoms with E-state index in [1.807, 2.05) is 0 Å². The van der Waals surface area contributed by atoms with Gasteiger partial charge in [0.25, 0.3) is 0 Å². The Bertz CT molecular complexity index is 719. The van der Waals surface area contributed by atoms with Crippen molar-refractivity contribution in [2.24, 2.45) is 5.73 Å². The van der Waals surface area contributed by atoms with Crippen molar-refractivity contribution in [3.63, 3.8) is 0 Å². The van der Waals surface area contributed by atoms with E-state index >= 15 is 0 Å². The molecule has 20 heavy (non-hydrogen) atoms. The van der Waals surface area contributed by atoms with Gasteiger partial charge in [0.15, 0.2) is 0 Å². The third-order valence-electron chi connectivity index (χ3n) is 3.25. The highest BCUT2D eigenvalue weighted by Crippen LogP contribution is 2.35. The zero-order chi connectivity index (χ0) is 14.3. The van der Waals surface area contributed by atoms with Crippen LogP contribution in [0.1, 0.15) is 18.5 Å². The average Bonchev–Trinajstić information content (AvgIpc) is 2.84. The van der Waals surface area contributed by atoms with Crippen molar-refractivity contribution in [1.29, 1.82) is 0 Å². The Morgan fingerprint density at radius 3 is 3.00 bits per heavy atom. The van der Waals surface area contributed by atoms with Crippen molar-refractivity contribution in [2.45, 2.75) is 13.0 Å². The van der Waals surface area contributed by atoms with Crippen molar-refractivity contribution in [1.82, 2.24) is 14.8 Å². The molecule has 2 aromatic rings. The Kier molecular flexibility index (Phi) is 2.67. The maximum absolute atomic E-state index is 11.8. The van der Waals surface area contributed by atoms with Crippen LogP contribution in [0.3, 0.4) is 0 Å². The van der Waals surface area contributed by atoms with Gasteiger partial charge in [0.2, 0.25) is 11.9 Å². The predicted molar refractivity (Wildman–Crippen MR) is 71.8 cm³/mol. The van der Waals surface area contributed by atoms with E-state index in [1.165, 1.54) is 6.33 Å². The van der Waals surface area contributed by atoms with Crippen LogP contribution in [-0.2, 0) is 4.79 Å². The first kappa shape index (κ1) is 12.2. The van der Waals surface area contributed by atoms with E-state index in [9.17, 15) is 9.90 Å². The molecule has 1 amide bonds. The van der Waals surface area contributed by atoms with Gasteiger partial charge in [0.05, 0.1) is 5.57 Å². The zero-order valence-corrected chi connectivity index (χ0v) is 10.7. The third-order valence-corrected chi connectivity index (χ3v) is 3.25. The van der Waals surface area contributed by atoms with Gasteiger partial charge in [-0.15, -0.1) is 0 Å². The van der Waals surface area contributed by atoms with E-state index < -0.39 is 11.9 Å². The van der Waals surface area contributed by atoms with Gasteiger partial charge in [-0.05, 0) is 24.6 Å². The molecule has 0 fully saturated rings. The Hall–Kier alpha value is -2.83. The number of hydrogen-bond donors (Lipinski definition) is 3. The second kappa shape index (κ2) is 4.37. The summed E-state index contributed by atoms with van der Waals surface area (Å²) in [4.78, 5) is 15.9. The number of phenolic OH excluding ortho intramolecular Hbond substituents is 1. The van der Waals surface area contributed by atoms with E-state index in [0.29, 0.717) is 22.8 Å². The number of aromatic hydroxyl groups is 1. The number of allylic oxidation sites excluding steroid dienone is 1. The predicted octanol–water partition coefficient (Wildman–Crippen LogP) is 0.758. The average molecular weight is 271 g/mol. The zero-order valence-electron chi connectivity index (χ0n) is 10.7. The minimum absolute atomic E-state index is 0.115. The van der Waals surface area contributed by atoms with Gasteiger partial charge < -0.3 is 16.2 Å². The molecule has 3 rings (SSSR count). The lowest BCUT2D eigenvalue weighted by Gasteiger charge is -2.27. The van der Waals surface area contributed by atoms with Crippen LogP contribution in [0.25, 0.3) is 0 Å². The number of fused-ring (bicyclic) bond motifs is 1. The van der Waals surface area contributed by atoms with E-state index in [0.717, 1.165) is 0 Å². The number of rotatable bonds is 2. The molecular formula is C13H13N5O2. The number of amides is 1. The summed E-state index contributed by atoms with van der Waals surface area (Å²) in [5, 5.41) is 16.8. The summed E-state index contributed by atoms with van der Waals surface area (Å²) < 4.78 is 1.57. The van der Waals surface area contributed by atoms with Gasteiger partial charge in [0.1, 0.15) is 18.1 Å². The molecule has 0 saturated carbocycles. The molecule has 102 valence electrons. The Morgan fingerprint density at radius 1 is 1.50 bits per heavy atom. The molecule has 7 heteroatoms. The first-order valence-electron chi connectivity index (χ1n) is 6.04. The van der Waals surface area contributed by atoms with E-state index in [4.69, 9.17) is 5.73 Å². The smallest absolute Gasteiger partial charge is 0.248 e. The van der Waals surface area contributed by atoms with Crippen LogP contribution in [-0.4, -0.2) is 25.8 Å². The number of carbonyl (C=O) groups is 1. The van der Waals surface area contributed by atoms with Gasteiger partial charge in [-0.3, -0.25) is 4.79 Å². The van der Waals surface area contributed by atoms with E-state index in [1.54, 1.807) is 35.9 Å². The molecule has 1 aromatic heterocycles. The number of phenols is 1. The van der Waals surface area contributed by atoms with Crippen LogP contribution < -0.4 is 11.1 Å². The van der Waals surface area contributed by atoms with Crippen molar-refractivity contribution in [3.05, 3.63) is 47.4 Å². The molecule has 0 unspecified atom stereocenters. The lowest BCUT2D eigenvalue weighted by molar-refractivity contribution is -0.115. The van der Waals surface area contributed by atoms with Gasteiger partial charge in [-0.1, -0.05) is 12.1 Å². The molecule has 2 heterocycles.